The van der Waals surface area contributed by atoms with Gasteiger partial charge in [-0.2, -0.15) is 11.8 Å². The molecule has 11 heteroatoms. The molecule has 2 aromatic carbocycles. The average Bonchev–Trinajstić information content (AvgIpc) is 2.87. The molecule has 35 heavy (non-hydrogen) atoms. The zero-order valence-corrected chi connectivity index (χ0v) is 21.7. The smallest absolute Gasteiger partial charge is 0.261 e. The normalized spacial score (nSPS) is 14.3. The van der Waals surface area contributed by atoms with Crippen LogP contribution in [0.2, 0.25) is 0 Å². The molecule has 0 aliphatic carbocycles. The summed E-state index contributed by atoms with van der Waals surface area (Å²) in [5, 5.41) is 0. The van der Waals surface area contributed by atoms with E-state index in [1.165, 1.54) is 44.5 Å². The number of hydrogen-bond acceptors (Lipinski definition) is 9. The van der Waals surface area contributed by atoms with Crippen molar-refractivity contribution in [1.29, 1.82) is 0 Å². The number of thioether (sulfide) groups is 1. The van der Waals surface area contributed by atoms with Gasteiger partial charge in [0.25, 0.3) is 10.0 Å². The number of piperidine rings is 1. The number of sulfonamides is 1. The third-order valence-corrected chi connectivity index (χ3v) is 7.68. The van der Waals surface area contributed by atoms with E-state index in [-0.39, 0.29) is 4.90 Å². The number of hydrogen-bond donors (Lipinski definition) is 4. The molecule has 1 heterocycles. The molecule has 1 aliphatic rings. The quantitative estimate of drug-likeness (QED) is 0.119. The topological polar surface area (TPSA) is 104 Å². The van der Waals surface area contributed by atoms with Crippen molar-refractivity contribution < 1.29 is 18.0 Å². The van der Waals surface area contributed by atoms with Gasteiger partial charge in [0.2, 0.25) is 0 Å². The van der Waals surface area contributed by atoms with Gasteiger partial charge < -0.3 is 19.9 Å². The molecular formula is C24H35N5O4S2. The van der Waals surface area contributed by atoms with Crippen LogP contribution in [-0.2, 0) is 19.6 Å². The number of hydrazine groups is 1. The van der Waals surface area contributed by atoms with Crippen LogP contribution in [0.15, 0.2) is 65.8 Å². The number of methoxy groups -OCH3 is 1. The molecular weight excluding hydrogens is 486 g/mol. The van der Waals surface area contributed by atoms with Gasteiger partial charge in [-0.25, -0.2) is 19.3 Å². The molecule has 0 atom stereocenters. The third-order valence-electron chi connectivity index (χ3n) is 5.31. The molecule has 0 aromatic heterocycles. The van der Waals surface area contributed by atoms with Crippen LogP contribution in [0.4, 0.5) is 17.1 Å². The summed E-state index contributed by atoms with van der Waals surface area (Å²) < 4.78 is 33.2. The first kappa shape index (κ1) is 27.2. The van der Waals surface area contributed by atoms with E-state index < -0.39 is 10.0 Å². The Morgan fingerprint density at radius 3 is 2.54 bits per heavy atom. The molecule has 1 aliphatic heterocycles. The fourth-order valence-corrected chi connectivity index (χ4v) is 5.42. The van der Waals surface area contributed by atoms with E-state index in [0.29, 0.717) is 29.6 Å². The van der Waals surface area contributed by atoms with E-state index in [0.717, 1.165) is 18.0 Å². The number of nitrogens with zero attached hydrogens (tertiary/aromatic N) is 1. The van der Waals surface area contributed by atoms with Crippen molar-refractivity contribution in [1.82, 2.24) is 10.3 Å². The maximum Gasteiger partial charge on any atom is 0.261 e. The van der Waals surface area contributed by atoms with Crippen LogP contribution < -0.4 is 21.1 Å². The Morgan fingerprint density at radius 1 is 1.06 bits per heavy atom. The van der Waals surface area contributed by atoms with Crippen molar-refractivity contribution in [2.45, 2.75) is 24.2 Å². The van der Waals surface area contributed by atoms with Gasteiger partial charge >= 0.3 is 0 Å². The fourth-order valence-electron chi connectivity index (χ4n) is 3.50. The van der Waals surface area contributed by atoms with Gasteiger partial charge in [-0.15, -0.1) is 0 Å². The Kier molecular flexibility index (Phi) is 11.0. The maximum absolute atomic E-state index is 12.8. The Balaban J connectivity index is 1.44. The lowest BCUT2D eigenvalue weighted by atomic mass is 10.1. The Labute approximate surface area is 212 Å². The SMILES string of the molecule is C=C(CSCCN1CCCCC1)ONc1cccc(S(=O)(=O)Nc2ccc(NNCOC)cc2)c1. The third kappa shape index (κ3) is 9.61. The zero-order valence-electron chi connectivity index (χ0n) is 20.1. The van der Waals surface area contributed by atoms with Crippen molar-refractivity contribution in [3.63, 3.8) is 0 Å². The van der Waals surface area contributed by atoms with Crippen LogP contribution in [0, 0.1) is 0 Å². The summed E-state index contributed by atoms with van der Waals surface area (Å²) in [6.07, 6.45) is 3.94. The molecule has 0 saturated carbocycles. The first-order valence-electron chi connectivity index (χ1n) is 11.6. The van der Waals surface area contributed by atoms with E-state index in [9.17, 15) is 8.42 Å². The first-order chi connectivity index (χ1) is 17.0. The number of ether oxygens (including phenoxy) is 1. The van der Waals surface area contributed by atoms with Crippen molar-refractivity contribution in [3.05, 3.63) is 60.9 Å². The van der Waals surface area contributed by atoms with Gasteiger partial charge in [-0.1, -0.05) is 19.1 Å². The van der Waals surface area contributed by atoms with Crippen LogP contribution in [-0.4, -0.2) is 58.3 Å². The second kappa shape index (κ2) is 14.2. The Morgan fingerprint density at radius 2 is 1.80 bits per heavy atom. The minimum atomic E-state index is -3.77. The highest BCUT2D eigenvalue weighted by atomic mass is 32.2. The number of likely N-dealkylation sites (tertiary alicyclic amines) is 1. The summed E-state index contributed by atoms with van der Waals surface area (Å²) >= 11 is 1.78. The summed E-state index contributed by atoms with van der Waals surface area (Å²) in [4.78, 5) is 8.17. The minimum absolute atomic E-state index is 0.122. The van der Waals surface area contributed by atoms with Crippen LogP contribution in [0.25, 0.3) is 0 Å². The summed E-state index contributed by atoms with van der Waals surface area (Å²) in [6, 6.07) is 13.3. The molecule has 0 amide bonds. The fraction of sp³-hybridized carbons (Fsp3) is 0.417. The van der Waals surface area contributed by atoms with E-state index in [1.807, 2.05) is 0 Å². The average molecular weight is 522 g/mol. The highest BCUT2D eigenvalue weighted by molar-refractivity contribution is 7.99. The van der Waals surface area contributed by atoms with Crippen molar-refractivity contribution in [2.75, 3.05) is 60.6 Å². The Hall–Kier alpha value is -2.44. The predicted molar refractivity (Wildman–Crippen MR) is 144 cm³/mol. The van der Waals surface area contributed by atoms with Crippen LogP contribution in [0.3, 0.4) is 0 Å². The second-order valence-electron chi connectivity index (χ2n) is 8.14. The molecule has 192 valence electrons. The number of rotatable bonds is 15. The standard InChI is InChI=1S/C24H35N5O4S2/c1-20(18-34-16-15-29-13-4-3-5-14-29)33-27-23-7-6-8-24(17-23)35(30,31)28-22-11-9-21(10-12-22)26-25-19-32-2/h6-12,17,25-28H,1,3-5,13-16,18-19H2,2H3. The second-order valence-corrected chi connectivity index (χ2v) is 10.9. The summed E-state index contributed by atoms with van der Waals surface area (Å²) in [5.74, 6) is 2.29. The van der Waals surface area contributed by atoms with Crippen molar-refractivity contribution in [2.24, 2.45) is 0 Å². The van der Waals surface area contributed by atoms with E-state index >= 15 is 0 Å². The molecule has 1 saturated heterocycles. The lowest BCUT2D eigenvalue weighted by Crippen LogP contribution is -2.31. The van der Waals surface area contributed by atoms with Gasteiger partial charge in [0, 0.05) is 30.8 Å². The molecule has 3 rings (SSSR count). The largest absolute Gasteiger partial charge is 0.386 e. The minimum Gasteiger partial charge on any atom is -0.386 e. The Bertz CT molecular complexity index is 1030. The lowest BCUT2D eigenvalue weighted by molar-refractivity contribution is 0.182. The lowest BCUT2D eigenvalue weighted by Gasteiger charge is -2.26. The van der Waals surface area contributed by atoms with Gasteiger partial charge in [0.1, 0.15) is 12.5 Å². The highest BCUT2D eigenvalue weighted by Crippen LogP contribution is 2.21. The maximum atomic E-state index is 12.8. The van der Waals surface area contributed by atoms with E-state index in [1.54, 1.807) is 55.3 Å². The highest BCUT2D eigenvalue weighted by Gasteiger charge is 2.15. The van der Waals surface area contributed by atoms with Gasteiger partial charge in [-0.05, 0) is 68.4 Å². The molecule has 1 fully saturated rings. The predicted octanol–water partition coefficient (Wildman–Crippen LogP) is 4.08. The summed E-state index contributed by atoms with van der Waals surface area (Å²) in [6.45, 7) is 7.77. The summed E-state index contributed by atoms with van der Waals surface area (Å²) in [5.41, 5.74) is 10.4. The van der Waals surface area contributed by atoms with Crippen molar-refractivity contribution in [3.8, 4) is 0 Å². The molecule has 0 unspecified atom stereocenters. The molecule has 9 nitrogen and oxygen atoms in total. The molecule has 4 N–H and O–H groups in total. The molecule has 0 radical (unpaired) electrons. The van der Waals surface area contributed by atoms with E-state index in [2.05, 4.69) is 32.5 Å². The van der Waals surface area contributed by atoms with Gasteiger partial charge in [0.05, 0.1) is 16.3 Å². The number of benzene rings is 2. The number of anilines is 3. The van der Waals surface area contributed by atoms with Crippen LogP contribution in [0.5, 0.6) is 0 Å². The van der Waals surface area contributed by atoms with Crippen molar-refractivity contribution >= 4 is 38.8 Å². The molecule has 0 spiro atoms. The number of nitrogens with one attached hydrogen (secondary N) is 4. The van der Waals surface area contributed by atoms with Gasteiger partial charge in [0.15, 0.2) is 0 Å². The van der Waals surface area contributed by atoms with Crippen LogP contribution in [0.1, 0.15) is 19.3 Å². The van der Waals surface area contributed by atoms with Gasteiger partial charge in [-0.3, -0.25) is 4.72 Å². The van der Waals surface area contributed by atoms with Crippen LogP contribution >= 0.6 is 11.8 Å². The first-order valence-corrected chi connectivity index (χ1v) is 14.2. The van der Waals surface area contributed by atoms with E-state index in [4.69, 9.17) is 9.57 Å². The monoisotopic (exact) mass is 521 g/mol. The molecule has 0 bridgehead atoms. The summed E-state index contributed by atoms with van der Waals surface area (Å²) in [7, 11) is -2.19. The zero-order chi connectivity index (χ0) is 24.9. The molecule has 2 aromatic rings.